The molecule has 14 heavy (non-hydrogen) atoms. The van der Waals surface area contributed by atoms with Gasteiger partial charge in [0.1, 0.15) is 11.7 Å². The van der Waals surface area contributed by atoms with Crippen LogP contribution in [-0.2, 0) is 7.05 Å². The van der Waals surface area contributed by atoms with E-state index in [9.17, 15) is 0 Å². The Labute approximate surface area is 83.8 Å². The van der Waals surface area contributed by atoms with Crippen molar-refractivity contribution in [3.05, 3.63) is 11.3 Å². The van der Waals surface area contributed by atoms with E-state index in [1.165, 1.54) is 0 Å². The molecule has 0 aliphatic heterocycles. The summed E-state index contributed by atoms with van der Waals surface area (Å²) in [6.45, 7) is 5.92. The van der Waals surface area contributed by atoms with Crippen LogP contribution >= 0.6 is 0 Å². The summed E-state index contributed by atoms with van der Waals surface area (Å²) >= 11 is 0. The van der Waals surface area contributed by atoms with Crippen molar-refractivity contribution in [2.24, 2.45) is 12.8 Å². The summed E-state index contributed by atoms with van der Waals surface area (Å²) in [6.07, 6.45) is 0. The molecule has 0 atom stereocenters. The maximum atomic E-state index is 7.46. The lowest BCUT2D eigenvalue weighted by molar-refractivity contribution is 0.745. The van der Waals surface area contributed by atoms with Crippen LogP contribution in [0.1, 0.15) is 25.1 Å². The van der Waals surface area contributed by atoms with Gasteiger partial charge in [-0.05, 0) is 20.8 Å². The summed E-state index contributed by atoms with van der Waals surface area (Å²) in [5.41, 5.74) is 6.97. The van der Waals surface area contributed by atoms with Crippen LogP contribution in [0.15, 0.2) is 0 Å². The highest BCUT2D eigenvalue weighted by molar-refractivity contribution is 6.00. The highest BCUT2D eigenvalue weighted by Gasteiger charge is 2.15. The van der Waals surface area contributed by atoms with Crippen LogP contribution in [0.25, 0.3) is 0 Å². The largest absolute Gasteiger partial charge is 0.384 e. The summed E-state index contributed by atoms with van der Waals surface area (Å²) in [5.74, 6) is 0.865. The Balaban J connectivity index is 3.18. The quantitative estimate of drug-likeness (QED) is 0.493. The Morgan fingerprint density at radius 1 is 1.57 bits per heavy atom. The molecule has 0 bridgehead atoms. The van der Waals surface area contributed by atoms with Crippen molar-refractivity contribution in [3.8, 4) is 0 Å². The van der Waals surface area contributed by atoms with Crippen molar-refractivity contribution >= 4 is 11.7 Å². The number of rotatable bonds is 3. The van der Waals surface area contributed by atoms with Crippen LogP contribution in [0, 0.1) is 12.3 Å². The van der Waals surface area contributed by atoms with Gasteiger partial charge in [-0.15, -0.1) is 0 Å². The average Bonchev–Trinajstić information content (AvgIpc) is 2.25. The molecule has 78 valence electrons. The molecule has 4 N–H and O–H groups in total. The standard InChI is InChI=1S/C9H17N5/c1-5(2)12-9-7(8(10)11)6(3)13-14(9)4/h5,12H,1-4H3,(H3,10,11). The highest BCUT2D eigenvalue weighted by Crippen LogP contribution is 2.18. The summed E-state index contributed by atoms with van der Waals surface area (Å²) in [7, 11) is 1.84. The average molecular weight is 195 g/mol. The third-order valence-corrected chi connectivity index (χ3v) is 1.92. The summed E-state index contributed by atoms with van der Waals surface area (Å²) < 4.78 is 1.71. The lowest BCUT2D eigenvalue weighted by Crippen LogP contribution is -2.19. The Bertz CT molecular complexity index is 350. The zero-order valence-electron chi connectivity index (χ0n) is 9.05. The molecule has 5 heteroatoms. The second kappa shape index (κ2) is 3.69. The first-order chi connectivity index (χ1) is 6.43. The first kappa shape index (κ1) is 10.6. The fourth-order valence-electron chi connectivity index (χ4n) is 1.42. The number of nitrogens with zero attached hydrogens (tertiary/aromatic N) is 2. The monoisotopic (exact) mass is 195 g/mol. The Hall–Kier alpha value is -1.52. The third kappa shape index (κ3) is 1.86. The number of nitrogens with two attached hydrogens (primary N) is 1. The molecule has 1 heterocycles. The van der Waals surface area contributed by atoms with Crippen LogP contribution in [0.5, 0.6) is 0 Å². The number of aromatic nitrogens is 2. The second-order valence-corrected chi connectivity index (χ2v) is 3.65. The molecule has 0 aliphatic rings. The van der Waals surface area contributed by atoms with E-state index in [2.05, 4.69) is 10.4 Å². The van der Waals surface area contributed by atoms with E-state index >= 15 is 0 Å². The van der Waals surface area contributed by atoms with Crippen molar-refractivity contribution in [1.29, 1.82) is 5.41 Å². The van der Waals surface area contributed by atoms with Gasteiger partial charge in [0, 0.05) is 13.1 Å². The third-order valence-electron chi connectivity index (χ3n) is 1.92. The van der Waals surface area contributed by atoms with Crippen LogP contribution in [0.3, 0.4) is 0 Å². The van der Waals surface area contributed by atoms with Crippen molar-refractivity contribution < 1.29 is 0 Å². The van der Waals surface area contributed by atoms with Crippen molar-refractivity contribution in [2.75, 3.05) is 5.32 Å². The summed E-state index contributed by atoms with van der Waals surface area (Å²) in [5, 5.41) is 14.9. The lowest BCUT2D eigenvalue weighted by atomic mass is 10.2. The molecule has 0 aliphatic carbocycles. The molecule has 0 saturated heterocycles. The number of hydrogen-bond donors (Lipinski definition) is 3. The number of aryl methyl sites for hydroxylation is 2. The Morgan fingerprint density at radius 3 is 2.57 bits per heavy atom. The smallest absolute Gasteiger partial charge is 0.135 e. The molecular weight excluding hydrogens is 178 g/mol. The van der Waals surface area contributed by atoms with Gasteiger partial charge in [0.05, 0.1) is 11.3 Å². The van der Waals surface area contributed by atoms with E-state index in [0.29, 0.717) is 11.6 Å². The molecule has 0 radical (unpaired) electrons. The molecule has 1 aromatic rings. The van der Waals surface area contributed by atoms with Crippen LogP contribution < -0.4 is 11.1 Å². The maximum absolute atomic E-state index is 7.46. The van der Waals surface area contributed by atoms with Gasteiger partial charge in [0.25, 0.3) is 0 Å². The van der Waals surface area contributed by atoms with E-state index in [4.69, 9.17) is 11.1 Å². The van der Waals surface area contributed by atoms with Gasteiger partial charge in [-0.25, -0.2) is 0 Å². The van der Waals surface area contributed by atoms with Gasteiger partial charge in [0.15, 0.2) is 0 Å². The van der Waals surface area contributed by atoms with E-state index < -0.39 is 0 Å². The molecule has 1 rings (SSSR count). The molecule has 0 fully saturated rings. The maximum Gasteiger partial charge on any atom is 0.135 e. The lowest BCUT2D eigenvalue weighted by Gasteiger charge is -2.11. The van der Waals surface area contributed by atoms with Gasteiger partial charge in [0.2, 0.25) is 0 Å². The SMILES string of the molecule is Cc1nn(C)c(NC(C)C)c1C(=N)N. The predicted octanol–water partition coefficient (Wildman–Crippen LogP) is 0.833. The van der Waals surface area contributed by atoms with Gasteiger partial charge in [-0.2, -0.15) is 5.10 Å². The normalized spacial score (nSPS) is 10.6. The topological polar surface area (TPSA) is 79.7 Å². The minimum absolute atomic E-state index is 0.0544. The minimum Gasteiger partial charge on any atom is -0.384 e. The van der Waals surface area contributed by atoms with Crippen molar-refractivity contribution in [3.63, 3.8) is 0 Å². The number of nitrogen functional groups attached to an aromatic ring is 1. The Kier molecular flexibility index (Phi) is 2.78. The molecule has 5 nitrogen and oxygen atoms in total. The van der Waals surface area contributed by atoms with Crippen LogP contribution in [0.2, 0.25) is 0 Å². The fraction of sp³-hybridized carbons (Fsp3) is 0.556. The minimum atomic E-state index is 0.0544. The molecular formula is C9H17N5. The summed E-state index contributed by atoms with van der Waals surface area (Å²) in [6, 6.07) is 0.294. The zero-order chi connectivity index (χ0) is 10.9. The fourth-order valence-corrected chi connectivity index (χ4v) is 1.42. The number of nitrogens with one attached hydrogen (secondary N) is 2. The van der Waals surface area contributed by atoms with Crippen molar-refractivity contribution in [1.82, 2.24) is 9.78 Å². The molecule has 0 amide bonds. The van der Waals surface area contributed by atoms with E-state index in [0.717, 1.165) is 11.5 Å². The van der Waals surface area contributed by atoms with Crippen LogP contribution in [0.4, 0.5) is 5.82 Å². The number of hydrogen-bond acceptors (Lipinski definition) is 3. The van der Waals surface area contributed by atoms with Crippen molar-refractivity contribution in [2.45, 2.75) is 26.8 Å². The predicted molar refractivity (Wildman–Crippen MR) is 57.7 cm³/mol. The van der Waals surface area contributed by atoms with Gasteiger partial charge in [-0.1, -0.05) is 0 Å². The molecule has 0 unspecified atom stereocenters. The first-order valence-electron chi connectivity index (χ1n) is 4.58. The first-order valence-corrected chi connectivity index (χ1v) is 4.58. The number of amidine groups is 1. The number of anilines is 1. The molecule has 1 aromatic heterocycles. The Morgan fingerprint density at radius 2 is 2.14 bits per heavy atom. The highest BCUT2D eigenvalue weighted by atomic mass is 15.3. The zero-order valence-corrected chi connectivity index (χ0v) is 9.05. The van der Waals surface area contributed by atoms with Gasteiger partial charge < -0.3 is 11.1 Å². The second-order valence-electron chi connectivity index (χ2n) is 3.65. The van der Waals surface area contributed by atoms with Gasteiger partial charge >= 0.3 is 0 Å². The van der Waals surface area contributed by atoms with E-state index in [-0.39, 0.29) is 5.84 Å². The van der Waals surface area contributed by atoms with Gasteiger partial charge in [-0.3, -0.25) is 10.1 Å². The molecule has 0 saturated carbocycles. The molecule has 0 aromatic carbocycles. The van der Waals surface area contributed by atoms with Crippen LogP contribution in [-0.4, -0.2) is 21.7 Å². The van der Waals surface area contributed by atoms with E-state index in [1.54, 1.807) is 4.68 Å². The molecule has 0 spiro atoms. The summed E-state index contributed by atoms with van der Waals surface area (Å²) in [4.78, 5) is 0. The van der Waals surface area contributed by atoms with E-state index in [1.807, 2.05) is 27.8 Å².